The molecule has 0 spiro atoms. The average Bonchev–Trinajstić information content (AvgIpc) is 3.04. The van der Waals surface area contributed by atoms with Gasteiger partial charge in [-0.15, -0.1) is 0 Å². The van der Waals surface area contributed by atoms with Gasteiger partial charge in [-0.3, -0.25) is 20.7 Å². The molecular weight excluding hydrogens is 616 g/mol. The molecule has 2 atom stereocenters. The van der Waals surface area contributed by atoms with E-state index in [1.165, 1.54) is 12.1 Å². The summed E-state index contributed by atoms with van der Waals surface area (Å²) in [6.45, 7) is 7.51. The molecule has 0 bridgehead atoms. The van der Waals surface area contributed by atoms with Crippen molar-refractivity contribution in [3.63, 3.8) is 0 Å². The zero-order valence-electron chi connectivity index (χ0n) is 27.0. The zero-order valence-corrected chi connectivity index (χ0v) is 27.8. The lowest BCUT2D eigenvalue weighted by Crippen LogP contribution is -2.43. The van der Waals surface area contributed by atoms with Crippen LogP contribution >= 0.6 is 11.6 Å². The SMILES string of the molecule is CC(C)(C)C(N)=CC(=Nc1ccc(O)c(Cl)c1)NC(=O)NC1CCC(Oc2ccc(=N)n(C(=N)N3CCCCC3)c2)c2ccccc21. The minimum atomic E-state index is -0.450. The number of nitrogens with one attached hydrogen (secondary N) is 4. The maximum Gasteiger partial charge on any atom is 0.320 e. The van der Waals surface area contributed by atoms with E-state index in [9.17, 15) is 9.90 Å². The Morgan fingerprint density at radius 2 is 1.81 bits per heavy atom. The molecule has 2 unspecified atom stereocenters. The number of aromatic nitrogens is 1. The summed E-state index contributed by atoms with van der Waals surface area (Å²) in [5, 5.41) is 33.0. The summed E-state index contributed by atoms with van der Waals surface area (Å²) in [6, 6.07) is 15.1. The van der Waals surface area contributed by atoms with E-state index >= 15 is 0 Å². The average molecular weight is 659 g/mol. The molecule has 1 saturated heterocycles. The minimum Gasteiger partial charge on any atom is -0.506 e. The van der Waals surface area contributed by atoms with Crippen molar-refractivity contribution in [1.82, 2.24) is 20.1 Å². The Kier molecular flexibility index (Phi) is 10.2. The number of nitrogens with zero attached hydrogens (tertiary/aromatic N) is 3. The number of aromatic hydroxyl groups is 1. The number of phenols is 1. The van der Waals surface area contributed by atoms with Gasteiger partial charge in [-0.05, 0) is 73.6 Å². The predicted molar refractivity (Wildman–Crippen MR) is 184 cm³/mol. The first kappa shape index (κ1) is 33.6. The molecule has 1 fully saturated rings. The van der Waals surface area contributed by atoms with Crippen molar-refractivity contribution < 1.29 is 14.6 Å². The topological polar surface area (TPSA) is 165 Å². The van der Waals surface area contributed by atoms with Crippen LogP contribution in [-0.4, -0.2) is 45.5 Å². The Labute approximate surface area is 280 Å². The van der Waals surface area contributed by atoms with Gasteiger partial charge in [0, 0.05) is 30.3 Å². The van der Waals surface area contributed by atoms with Gasteiger partial charge < -0.3 is 25.8 Å². The monoisotopic (exact) mass is 658 g/mol. The molecule has 0 saturated carbocycles. The summed E-state index contributed by atoms with van der Waals surface area (Å²) in [6.07, 6.45) is 7.58. The number of amides is 2. The number of hydrogen-bond donors (Lipinski definition) is 6. The van der Waals surface area contributed by atoms with Crippen molar-refractivity contribution >= 4 is 35.1 Å². The van der Waals surface area contributed by atoms with Crippen LogP contribution in [-0.2, 0) is 0 Å². The molecule has 7 N–H and O–H groups in total. The van der Waals surface area contributed by atoms with E-state index < -0.39 is 6.03 Å². The fourth-order valence-corrected chi connectivity index (χ4v) is 5.82. The molecule has 2 amide bonds. The number of likely N-dealkylation sites (tertiary alicyclic amines) is 1. The van der Waals surface area contributed by atoms with Gasteiger partial charge in [-0.25, -0.2) is 9.79 Å². The van der Waals surface area contributed by atoms with E-state index in [-0.39, 0.29) is 45.6 Å². The summed E-state index contributed by atoms with van der Waals surface area (Å²) in [5.41, 5.74) is 9.06. The van der Waals surface area contributed by atoms with Crippen molar-refractivity contribution in [1.29, 1.82) is 10.8 Å². The highest BCUT2D eigenvalue weighted by molar-refractivity contribution is 6.32. The Balaban J connectivity index is 1.32. The summed E-state index contributed by atoms with van der Waals surface area (Å²) < 4.78 is 8.04. The third-order valence-electron chi connectivity index (χ3n) is 8.41. The van der Waals surface area contributed by atoms with Crippen LogP contribution in [0.2, 0.25) is 5.02 Å². The molecule has 2 aliphatic rings. The number of phenolic OH excluding ortho intramolecular Hbond substituents is 1. The first-order chi connectivity index (χ1) is 22.4. The number of carbonyl (C=O) groups excluding carboxylic acids is 1. The number of benzene rings is 2. The molecule has 11 nitrogen and oxygen atoms in total. The van der Waals surface area contributed by atoms with E-state index in [1.807, 2.05) is 49.9 Å². The standard InChI is InChI=1S/C35H43ClN8O3/c1-35(2,3)30(37)20-32(40-22-11-14-28(45)26(36)19-22)42-34(46)41-27-13-15-29(25-10-6-5-9-24(25)27)47-23-12-16-31(38)44(21-23)33(39)43-17-7-4-8-18-43/h5-6,9-12,14,16,19-21,27,29,38-39,45H,4,7-8,13,15,17-18,37H2,1-3H3,(H2,40,41,42,46). The summed E-state index contributed by atoms with van der Waals surface area (Å²) in [4.78, 5) is 19.9. The number of allylic oxidation sites excluding steroid dienone is 1. The van der Waals surface area contributed by atoms with Crippen LogP contribution in [0.4, 0.5) is 10.5 Å². The Hall–Kier alpha value is -4.77. The van der Waals surface area contributed by atoms with E-state index in [4.69, 9.17) is 32.9 Å². The molecule has 1 aliphatic carbocycles. The highest BCUT2D eigenvalue weighted by atomic mass is 35.5. The number of aliphatic imine (C=N–C) groups is 1. The van der Waals surface area contributed by atoms with Gasteiger partial charge in [0.05, 0.1) is 22.9 Å². The van der Waals surface area contributed by atoms with Crippen LogP contribution in [0.15, 0.2) is 77.6 Å². The molecule has 248 valence electrons. The van der Waals surface area contributed by atoms with Gasteiger partial charge in [0.25, 0.3) is 0 Å². The van der Waals surface area contributed by atoms with Crippen molar-refractivity contribution in [2.45, 2.75) is 65.0 Å². The van der Waals surface area contributed by atoms with Crippen LogP contribution in [0, 0.1) is 16.2 Å². The molecule has 1 aromatic heterocycles. The molecule has 1 aliphatic heterocycles. The van der Waals surface area contributed by atoms with Gasteiger partial charge in [0.2, 0.25) is 5.96 Å². The third-order valence-corrected chi connectivity index (χ3v) is 8.71. The number of carbonyl (C=O) groups is 1. The molecule has 3 aromatic rings. The fraction of sp³-hybridized carbons (Fsp3) is 0.371. The second kappa shape index (κ2) is 14.3. The third kappa shape index (κ3) is 8.34. The second-order valence-electron chi connectivity index (χ2n) is 12.9. The second-order valence-corrected chi connectivity index (χ2v) is 13.3. The number of ether oxygens (including phenoxy) is 1. The molecule has 0 radical (unpaired) electrons. The lowest BCUT2D eigenvalue weighted by molar-refractivity contribution is 0.171. The van der Waals surface area contributed by atoms with E-state index in [0.717, 1.165) is 43.5 Å². The molecule has 2 aromatic carbocycles. The Bertz CT molecular complexity index is 1750. The van der Waals surface area contributed by atoms with Crippen LogP contribution in [0.3, 0.4) is 0 Å². The van der Waals surface area contributed by atoms with Crippen molar-refractivity contribution in [2.24, 2.45) is 16.1 Å². The van der Waals surface area contributed by atoms with Gasteiger partial charge in [0.1, 0.15) is 28.9 Å². The summed E-state index contributed by atoms with van der Waals surface area (Å²) in [7, 11) is 0. The number of hydrogen-bond acceptors (Lipinski definition) is 7. The lowest BCUT2D eigenvalue weighted by Gasteiger charge is -2.33. The maximum atomic E-state index is 13.4. The van der Waals surface area contributed by atoms with Crippen molar-refractivity contribution in [2.75, 3.05) is 13.1 Å². The molecule has 12 heteroatoms. The highest BCUT2D eigenvalue weighted by Crippen LogP contribution is 2.38. The molecule has 47 heavy (non-hydrogen) atoms. The number of urea groups is 1. The summed E-state index contributed by atoms with van der Waals surface area (Å²) >= 11 is 6.09. The molecular formula is C35H43ClN8O3. The number of piperidine rings is 1. The van der Waals surface area contributed by atoms with E-state index in [0.29, 0.717) is 30.0 Å². The summed E-state index contributed by atoms with van der Waals surface area (Å²) in [5.74, 6) is 1.02. The first-order valence-electron chi connectivity index (χ1n) is 15.9. The van der Waals surface area contributed by atoms with E-state index in [2.05, 4.69) is 15.6 Å². The van der Waals surface area contributed by atoms with E-state index in [1.54, 1.807) is 35.0 Å². The first-order valence-corrected chi connectivity index (χ1v) is 16.3. The van der Waals surface area contributed by atoms with Gasteiger partial charge in [-0.2, -0.15) is 0 Å². The normalized spacial score (nSPS) is 18.7. The number of rotatable bonds is 5. The van der Waals surface area contributed by atoms with Gasteiger partial charge >= 0.3 is 6.03 Å². The number of amidine groups is 1. The van der Waals surface area contributed by atoms with Gasteiger partial charge in [-0.1, -0.05) is 56.6 Å². The maximum absolute atomic E-state index is 13.4. The van der Waals surface area contributed by atoms with Crippen LogP contribution in [0.1, 0.15) is 76.1 Å². The molecule has 5 rings (SSSR count). The van der Waals surface area contributed by atoms with Crippen molar-refractivity contribution in [3.8, 4) is 11.5 Å². The smallest absolute Gasteiger partial charge is 0.320 e. The lowest BCUT2D eigenvalue weighted by atomic mass is 9.85. The number of nitrogens with two attached hydrogens (primary N) is 1. The minimum absolute atomic E-state index is 0.0645. The molecule has 2 heterocycles. The van der Waals surface area contributed by atoms with Crippen LogP contribution in [0.5, 0.6) is 11.5 Å². The van der Waals surface area contributed by atoms with Gasteiger partial charge in [0.15, 0.2) is 0 Å². The quantitative estimate of drug-likeness (QED) is 0.136. The Morgan fingerprint density at radius 1 is 1.09 bits per heavy atom. The fourth-order valence-electron chi connectivity index (χ4n) is 5.65. The van der Waals surface area contributed by atoms with Crippen LogP contribution < -0.4 is 26.6 Å². The number of fused-ring (bicyclic) bond motifs is 1. The number of halogens is 1. The van der Waals surface area contributed by atoms with Crippen LogP contribution in [0.25, 0.3) is 0 Å². The Morgan fingerprint density at radius 3 is 2.51 bits per heavy atom. The number of pyridine rings is 1. The largest absolute Gasteiger partial charge is 0.506 e. The highest BCUT2D eigenvalue weighted by Gasteiger charge is 2.30. The predicted octanol–water partition coefficient (Wildman–Crippen LogP) is 6.47. The van der Waals surface area contributed by atoms with Crippen molar-refractivity contribution in [3.05, 3.63) is 94.2 Å². The zero-order chi connectivity index (χ0) is 33.7.